The SMILES string of the molecule is O=[C]ONC(=O)c1ccccc1C=O. The summed E-state index contributed by atoms with van der Waals surface area (Å²) in [5, 5.41) is 0. The van der Waals surface area contributed by atoms with E-state index in [1.165, 1.54) is 12.1 Å². The fraction of sp³-hybridized carbons (Fsp3) is 0. The highest BCUT2D eigenvalue weighted by Gasteiger charge is 2.09. The van der Waals surface area contributed by atoms with Crippen molar-refractivity contribution in [3.05, 3.63) is 35.4 Å². The second-order valence-electron chi connectivity index (χ2n) is 2.32. The van der Waals surface area contributed by atoms with Gasteiger partial charge in [-0.2, -0.15) is 5.48 Å². The number of benzene rings is 1. The van der Waals surface area contributed by atoms with Crippen LogP contribution in [0.1, 0.15) is 20.7 Å². The molecule has 0 heterocycles. The number of carbonyl (C=O) groups is 2. The number of nitrogens with one attached hydrogen (secondary N) is 1. The van der Waals surface area contributed by atoms with Crippen molar-refractivity contribution in [1.82, 2.24) is 5.48 Å². The van der Waals surface area contributed by atoms with Crippen molar-refractivity contribution in [3.8, 4) is 0 Å². The van der Waals surface area contributed by atoms with E-state index in [0.29, 0.717) is 6.29 Å². The van der Waals surface area contributed by atoms with Gasteiger partial charge in [0, 0.05) is 5.56 Å². The Morgan fingerprint density at radius 1 is 1.43 bits per heavy atom. The Labute approximate surface area is 79.6 Å². The van der Waals surface area contributed by atoms with Gasteiger partial charge in [0.2, 0.25) is 0 Å². The van der Waals surface area contributed by atoms with Crippen molar-refractivity contribution < 1.29 is 19.2 Å². The Balaban J connectivity index is 2.88. The predicted octanol–water partition coefficient (Wildman–Crippen LogP) is 0.228. The highest BCUT2D eigenvalue weighted by atomic mass is 16.7. The summed E-state index contributed by atoms with van der Waals surface area (Å²) >= 11 is 0. The van der Waals surface area contributed by atoms with Crippen LogP contribution in [-0.2, 0) is 9.63 Å². The molecule has 1 radical (unpaired) electrons. The van der Waals surface area contributed by atoms with Crippen LogP contribution < -0.4 is 5.48 Å². The van der Waals surface area contributed by atoms with E-state index in [4.69, 9.17) is 0 Å². The number of rotatable bonds is 4. The Hall–Kier alpha value is -2.17. The third kappa shape index (κ3) is 2.16. The zero-order valence-electron chi connectivity index (χ0n) is 7.02. The summed E-state index contributed by atoms with van der Waals surface area (Å²) in [6.45, 7) is 1.04. The van der Waals surface area contributed by atoms with Crippen LogP contribution in [0.4, 0.5) is 0 Å². The minimum atomic E-state index is -0.670. The van der Waals surface area contributed by atoms with E-state index in [1.54, 1.807) is 17.6 Å². The van der Waals surface area contributed by atoms with E-state index in [0.717, 1.165) is 6.47 Å². The lowest BCUT2D eigenvalue weighted by molar-refractivity contribution is 0.0723. The molecule has 1 rings (SSSR count). The fourth-order valence-corrected chi connectivity index (χ4v) is 0.929. The molecule has 1 aromatic carbocycles. The molecule has 0 bridgehead atoms. The Morgan fingerprint density at radius 2 is 2.14 bits per heavy atom. The third-order valence-corrected chi connectivity index (χ3v) is 1.52. The molecule has 1 N–H and O–H groups in total. The van der Waals surface area contributed by atoms with E-state index in [2.05, 4.69) is 4.84 Å². The first kappa shape index (κ1) is 9.91. The van der Waals surface area contributed by atoms with Crippen LogP contribution in [0.25, 0.3) is 0 Å². The summed E-state index contributed by atoms with van der Waals surface area (Å²) < 4.78 is 0. The highest BCUT2D eigenvalue weighted by molar-refractivity contribution is 6.01. The molecule has 1 aromatic rings. The molecular formula is C9H6NO4. The second-order valence-corrected chi connectivity index (χ2v) is 2.32. The van der Waals surface area contributed by atoms with Gasteiger partial charge in [0.15, 0.2) is 6.29 Å². The lowest BCUT2D eigenvalue weighted by Gasteiger charge is -2.02. The maximum absolute atomic E-state index is 11.2. The van der Waals surface area contributed by atoms with Gasteiger partial charge in [-0.3, -0.25) is 9.59 Å². The van der Waals surface area contributed by atoms with Gasteiger partial charge in [-0.25, -0.2) is 4.79 Å². The number of aldehydes is 1. The largest absolute Gasteiger partial charge is 0.443 e. The van der Waals surface area contributed by atoms with Gasteiger partial charge in [0.25, 0.3) is 5.91 Å². The molecular weight excluding hydrogens is 186 g/mol. The third-order valence-electron chi connectivity index (χ3n) is 1.52. The van der Waals surface area contributed by atoms with Gasteiger partial charge >= 0.3 is 6.47 Å². The summed E-state index contributed by atoms with van der Waals surface area (Å²) in [5.41, 5.74) is 2.16. The summed E-state index contributed by atoms with van der Waals surface area (Å²) in [6.07, 6.45) is 0.541. The summed E-state index contributed by atoms with van der Waals surface area (Å²) in [7, 11) is 0. The minimum Gasteiger partial charge on any atom is -0.329 e. The summed E-state index contributed by atoms with van der Waals surface area (Å²) in [4.78, 5) is 35.3. The van der Waals surface area contributed by atoms with Gasteiger partial charge in [-0.05, 0) is 6.07 Å². The van der Waals surface area contributed by atoms with Crippen LogP contribution in [0.5, 0.6) is 0 Å². The summed E-state index contributed by atoms with van der Waals surface area (Å²) in [6, 6.07) is 6.12. The van der Waals surface area contributed by atoms with Crippen LogP contribution in [0.15, 0.2) is 24.3 Å². The van der Waals surface area contributed by atoms with E-state index in [1.807, 2.05) is 0 Å². The van der Waals surface area contributed by atoms with Crippen molar-refractivity contribution in [2.75, 3.05) is 0 Å². The molecule has 71 valence electrons. The van der Waals surface area contributed by atoms with Crippen LogP contribution in [-0.4, -0.2) is 18.7 Å². The second kappa shape index (κ2) is 4.76. The average Bonchev–Trinajstić information content (AvgIpc) is 2.25. The minimum absolute atomic E-state index is 0.137. The normalized spacial score (nSPS) is 8.86. The smallest absolute Gasteiger partial charge is 0.329 e. The molecule has 5 nitrogen and oxygen atoms in total. The maximum Gasteiger partial charge on any atom is 0.443 e. The molecule has 0 fully saturated rings. The van der Waals surface area contributed by atoms with Crippen molar-refractivity contribution >= 4 is 18.7 Å². The van der Waals surface area contributed by atoms with Crippen LogP contribution in [0.2, 0.25) is 0 Å². The maximum atomic E-state index is 11.2. The van der Waals surface area contributed by atoms with Gasteiger partial charge in [-0.1, -0.05) is 18.2 Å². The molecule has 0 aliphatic rings. The monoisotopic (exact) mass is 192 g/mol. The molecule has 1 amide bonds. The topological polar surface area (TPSA) is 72.5 Å². The standard InChI is InChI=1S/C9H6NO4/c11-5-7-3-1-2-4-8(7)9(13)10-14-6-12/h1-5H,(H,10,13). The van der Waals surface area contributed by atoms with Crippen molar-refractivity contribution in [2.24, 2.45) is 0 Å². The summed E-state index contributed by atoms with van der Waals surface area (Å²) in [5.74, 6) is -0.670. The van der Waals surface area contributed by atoms with E-state index >= 15 is 0 Å². The van der Waals surface area contributed by atoms with Crippen molar-refractivity contribution in [1.29, 1.82) is 0 Å². The molecule has 0 aromatic heterocycles. The molecule has 5 heteroatoms. The number of hydroxylamine groups is 1. The first-order valence-corrected chi connectivity index (χ1v) is 3.67. The molecule has 0 unspecified atom stereocenters. The Morgan fingerprint density at radius 3 is 2.79 bits per heavy atom. The number of carbonyl (C=O) groups excluding carboxylic acids is 3. The van der Waals surface area contributed by atoms with Crippen molar-refractivity contribution in [2.45, 2.75) is 0 Å². The zero-order chi connectivity index (χ0) is 10.4. The van der Waals surface area contributed by atoms with Crippen LogP contribution in [0, 0.1) is 0 Å². The molecule has 0 aliphatic heterocycles. The number of hydrogen-bond acceptors (Lipinski definition) is 4. The average molecular weight is 192 g/mol. The Bertz CT molecular complexity index is 362. The molecule has 0 spiro atoms. The van der Waals surface area contributed by atoms with Gasteiger partial charge in [0.1, 0.15) is 0 Å². The van der Waals surface area contributed by atoms with Crippen LogP contribution in [0.3, 0.4) is 0 Å². The molecule has 14 heavy (non-hydrogen) atoms. The van der Waals surface area contributed by atoms with E-state index in [9.17, 15) is 14.4 Å². The molecule has 0 saturated heterocycles. The predicted molar refractivity (Wildman–Crippen MR) is 46.1 cm³/mol. The van der Waals surface area contributed by atoms with Gasteiger partial charge in [0.05, 0.1) is 5.56 Å². The van der Waals surface area contributed by atoms with E-state index in [-0.39, 0.29) is 11.1 Å². The molecule has 0 aliphatic carbocycles. The highest BCUT2D eigenvalue weighted by Crippen LogP contribution is 2.05. The quantitative estimate of drug-likeness (QED) is 0.547. The molecule has 0 saturated carbocycles. The number of hydrogen-bond donors (Lipinski definition) is 1. The van der Waals surface area contributed by atoms with Crippen LogP contribution >= 0.6 is 0 Å². The van der Waals surface area contributed by atoms with E-state index < -0.39 is 5.91 Å². The van der Waals surface area contributed by atoms with Gasteiger partial charge < -0.3 is 4.84 Å². The Kier molecular flexibility index (Phi) is 3.37. The lowest BCUT2D eigenvalue weighted by Crippen LogP contribution is -2.24. The molecule has 0 atom stereocenters. The first-order chi connectivity index (χ1) is 6.79. The zero-order valence-corrected chi connectivity index (χ0v) is 7.02. The van der Waals surface area contributed by atoms with Gasteiger partial charge in [-0.15, -0.1) is 0 Å². The first-order valence-electron chi connectivity index (χ1n) is 3.67. The lowest BCUT2D eigenvalue weighted by atomic mass is 10.1. The fourth-order valence-electron chi connectivity index (χ4n) is 0.929. The number of amides is 1. The van der Waals surface area contributed by atoms with Crippen molar-refractivity contribution in [3.63, 3.8) is 0 Å².